The fourth-order valence-electron chi connectivity index (χ4n) is 1.77. The van der Waals surface area contributed by atoms with Crippen LogP contribution in [0, 0.1) is 0 Å². The van der Waals surface area contributed by atoms with Gasteiger partial charge in [-0.15, -0.1) is 0 Å². The van der Waals surface area contributed by atoms with Gasteiger partial charge in [0.05, 0.1) is 24.4 Å². The lowest BCUT2D eigenvalue weighted by atomic mass is 10.2. The molecule has 0 fully saturated rings. The second-order valence-electron chi connectivity index (χ2n) is 6.24. The number of ether oxygens (including phenoxy) is 2. The van der Waals surface area contributed by atoms with E-state index in [0.717, 1.165) is 0 Å². The van der Waals surface area contributed by atoms with E-state index in [0.29, 0.717) is 18.0 Å². The first-order valence-electron chi connectivity index (χ1n) is 7.86. The third kappa shape index (κ3) is 8.71. The number of carbonyl (C=O) groups is 3. The molecule has 0 saturated carbocycles. The smallest absolute Gasteiger partial charge is 0.408 e. The number of amides is 3. The van der Waals surface area contributed by atoms with Gasteiger partial charge in [0.25, 0.3) is 0 Å². The number of methoxy groups -OCH3 is 1. The van der Waals surface area contributed by atoms with Gasteiger partial charge in [-0.1, -0.05) is 12.1 Å². The molecule has 3 amide bonds. The molecule has 25 heavy (non-hydrogen) atoms. The molecule has 0 aliphatic carbocycles. The summed E-state index contributed by atoms with van der Waals surface area (Å²) < 4.78 is 9.90. The van der Waals surface area contributed by atoms with Crippen molar-refractivity contribution in [3.63, 3.8) is 0 Å². The summed E-state index contributed by atoms with van der Waals surface area (Å²) in [5.74, 6) is -0.667. The van der Waals surface area contributed by atoms with Crippen LogP contribution in [0.4, 0.5) is 16.2 Å². The van der Waals surface area contributed by atoms with Gasteiger partial charge in [0.1, 0.15) is 12.1 Å². The standard InChI is InChI=1S/C17H25N3O5/c1-17(2,3)25-16(23)18-11-15(22)20-13-8-6-5-7-12(13)19-14(21)9-10-24-4/h5-8H,9-11H2,1-4H3,(H,18,23)(H,19,21)(H,20,22). The van der Waals surface area contributed by atoms with Gasteiger partial charge >= 0.3 is 6.09 Å². The zero-order chi connectivity index (χ0) is 18.9. The number of hydrogen-bond donors (Lipinski definition) is 3. The van der Waals surface area contributed by atoms with Crippen LogP contribution in [-0.4, -0.2) is 43.8 Å². The number of alkyl carbamates (subject to hydrolysis) is 1. The van der Waals surface area contributed by atoms with Crippen molar-refractivity contribution in [1.29, 1.82) is 0 Å². The van der Waals surface area contributed by atoms with Crippen molar-refractivity contribution in [2.45, 2.75) is 32.8 Å². The number of carbonyl (C=O) groups excluding carboxylic acids is 3. The van der Waals surface area contributed by atoms with Crippen molar-refractivity contribution < 1.29 is 23.9 Å². The Morgan fingerprint density at radius 3 is 2.08 bits per heavy atom. The van der Waals surface area contributed by atoms with E-state index in [2.05, 4.69) is 16.0 Å². The molecule has 0 unspecified atom stereocenters. The van der Waals surface area contributed by atoms with Crippen molar-refractivity contribution in [3.05, 3.63) is 24.3 Å². The summed E-state index contributed by atoms with van der Waals surface area (Å²) in [5.41, 5.74) is 0.262. The highest BCUT2D eigenvalue weighted by Gasteiger charge is 2.17. The molecule has 8 heteroatoms. The molecule has 0 saturated heterocycles. The van der Waals surface area contributed by atoms with Gasteiger partial charge in [0.15, 0.2) is 0 Å². The minimum Gasteiger partial charge on any atom is -0.444 e. The lowest BCUT2D eigenvalue weighted by molar-refractivity contribution is -0.117. The Bertz CT molecular complexity index is 611. The molecule has 3 N–H and O–H groups in total. The molecule has 0 atom stereocenters. The SMILES string of the molecule is COCCC(=O)Nc1ccccc1NC(=O)CNC(=O)OC(C)(C)C. The van der Waals surface area contributed by atoms with Crippen molar-refractivity contribution in [2.24, 2.45) is 0 Å². The average Bonchev–Trinajstić information content (AvgIpc) is 2.51. The molecule has 1 aromatic rings. The monoisotopic (exact) mass is 351 g/mol. The topological polar surface area (TPSA) is 106 Å². The summed E-state index contributed by atoms with van der Waals surface area (Å²) in [6.45, 7) is 5.25. The molecule has 0 aliphatic heterocycles. The molecule has 0 aliphatic rings. The zero-order valence-electron chi connectivity index (χ0n) is 15.0. The largest absolute Gasteiger partial charge is 0.444 e. The normalized spacial score (nSPS) is 10.7. The summed E-state index contributed by atoms with van der Waals surface area (Å²) in [4.78, 5) is 35.3. The molecule has 0 spiro atoms. The van der Waals surface area contributed by atoms with Crippen LogP contribution in [0.1, 0.15) is 27.2 Å². The van der Waals surface area contributed by atoms with Gasteiger partial charge in [0, 0.05) is 7.11 Å². The van der Waals surface area contributed by atoms with E-state index in [4.69, 9.17) is 9.47 Å². The third-order valence-corrected chi connectivity index (χ3v) is 2.80. The van der Waals surface area contributed by atoms with Crippen LogP contribution in [0.2, 0.25) is 0 Å². The van der Waals surface area contributed by atoms with Crippen molar-refractivity contribution >= 4 is 29.3 Å². The van der Waals surface area contributed by atoms with E-state index in [9.17, 15) is 14.4 Å². The van der Waals surface area contributed by atoms with E-state index in [1.54, 1.807) is 45.0 Å². The highest BCUT2D eigenvalue weighted by molar-refractivity contribution is 6.00. The van der Waals surface area contributed by atoms with Gasteiger partial charge < -0.3 is 25.4 Å². The van der Waals surface area contributed by atoms with Crippen molar-refractivity contribution in [2.75, 3.05) is 30.9 Å². The van der Waals surface area contributed by atoms with E-state index in [1.165, 1.54) is 7.11 Å². The van der Waals surface area contributed by atoms with Gasteiger partial charge in [-0.2, -0.15) is 0 Å². The quantitative estimate of drug-likeness (QED) is 0.698. The Morgan fingerprint density at radius 2 is 1.56 bits per heavy atom. The molecule has 0 bridgehead atoms. The zero-order valence-corrected chi connectivity index (χ0v) is 15.0. The second kappa shape index (κ2) is 9.63. The van der Waals surface area contributed by atoms with E-state index >= 15 is 0 Å². The van der Waals surface area contributed by atoms with Gasteiger partial charge in [-0.25, -0.2) is 4.79 Å². The maximum absolute atomic E-state index is 12.0. The number of nitrogens with one attached hydrogen (secondary N) is 3. The lowest BCUT2D eigenvalue weighted by Crippen LogP contribution is -2.37. The Morgan fingerprint density at radius 1 is 1.00 bits per heavy atom. The minimum atomic E-state index is -0.677. The Balaban J connectivity index is 2.57. The van der Waals surface area contributed by atoms with Crippen LogP contribution in [0.15, 0.2) is 24.3 Å². The van der Waals surface area contributed by atoms with Crippen LogP contribution >= 0.6 is 0 Å². The molecule has 0 radical (unpaired) electrons. The summed E-state index contributed by atoms with van der Waals surface area (Å²) in [6.07, 6.45) is -0.470. The summed E-state index contributed by atoms with van der Waals surface area (Å²) in [5, 5.41) is 7.71. The predicted molar refractivity (Wildman–Crippen MR) is 94.4 cm³/mol. The van der Waals surface area contributed by atoms with Crippen LogP contribution < -0.4 is 16.0 Å². The highest BCUT2D eigenvalue weighted by Crippen LogP contribution is 2.21. The molecule has 1 rings (SSSR count). The average molecular weight is 351 g/mol. The molecule has 0 heterocycles. The third-order valence-electron chi connectivity index (χ3n) is 2.80. The minimum absolute atomic E-state index is 0.207. The number of hydrogen-bond acceptors (Lipinski definition) is 5. The Kier molecular flexibility index (Phi) is 7.87. The Labute approximate surface area is 147 Å². The van der Waals surface area contributed by atoms with E-state index in [1.807, 2.05) is 0 Å². The van der Waals surface area contributed by atoms with Crippen LogP contribution in [0.3, 0.4) is 0 Å². The molecule has 0 aromatic heterocycles. The summed E-state index contributed by atoms with van der Waals surface area (Å²) >= 11 is 0. The first-order valence-corrected chi connectivity index (χ1v) is 7.86. The molecule has 138 valence electrons. The van der Waals surface area contributed by atoms with Gasteiger partial charge in [0.2, 0.25) is 11.8 Å². The van der Waals surface area contributed by atoms with Crippen molar-refractivity contribution in [1.82, 2.24) is 5.32 Å². The molecule has 1 aromatic carbocycles. The first-order chi connectivity index (χ1) is 11.7. The Hall–Kier alpha value is -2.61. The molecular weight excluding hydrogens is 326 g/mol. The number of rotatable bonds is 7. The number of benzene rings is 1. The van der Waals surface area contributed by atoms with Crippen LogP contribution in [-0.2, 0) is 19.1 Å². The predicted octanol–water partition coefficient (Wildman–Crippen LogP) is 2.12. The summed E-state index contributed by atoms with van der Waals surface area (Å²) in [7, 11) is 1.51. The van der Waals surface area contributed by atoms with E-state index in [-0.39, 0.29) is 18.9 Å². The first kappa shape index (κ1) is 20.4. The van der Waals surface area contributed by atoms with Crippen LogP contribution in [0.5, 0.6) is 0 Å². The number of para-hydroxylation sites is 2. The van der Waals surface area contributed by atoms with Gasteiger partial charge in [-0.3, -0.25) is 9.59 Å². The van der Waals surface area contributed by atoms with E-state index < -0.39 is 17.6 Å². The highest BCUT2D eigenvalue weighted by atomic mass is 16.6. The fourth-order valence-corrected chi connectivity index (χ4v) is 1.77. The summed E-state index contributed by atoms with van der Waals surface area (Å²) in [6, 6.07) is 6.78. The fraction of sp³-hybridized carbons (Fsp3) is 0.471. The maximum atomic E-state index is 12.0. The van der Waals surface area contributed by atoms with Crippen molar-refractivity contribution in [3.8, 4) is 0 Å². The lowest BCUT2D eigenvalue weighted by Gasteiger charge is -2.19. The van der Waals surface area contributed by atoms with Gasteiger partial charge in [-0.05, 0) is 32.9 Å². The number of anilines is 2. The molecule has 8 nitrogen and oxygen atoms in total. The maximum Gasteiger partial charge on any atom is 0.408 e. The second-order valence-corrected chi connectivity index (χ2v) is 6.24. The molecular formula is C17H25N3O5. The van der Waals surface area contributed by atoms with Crippen LogP contribution in [0.25, 0.3) is 0 Å².